The van der Waals surface area contributed by atoms with E-state index < -0.39 is 11.9 Å². The van der Waals surface area contributed by atoms with Crippen molar-refractivity contribution in [2.24, 2.45) is 17.8 Å². The minimum absolute atomic E-state index is 0.0991. The van der Waals surface area contributed by atoms with Crippen LogP contribution in [0.1, 0.15) is 50.5 Å². The quantitative estimate of drug-likeness (QED) is 0.919. The molecular formula is C20H27NO3. The van der Waals surface area contributed by atoms with Gasteiger partial charge in [0.25, 0.3) is 0 Å². The zero-order chi connectivity index (χ0) is 17.1. The molecule has 3 rings (SSSR count). The summed E-state index contributed by atoms with van der Waals surface area (Å²) < 4.78 is 0. The van der Waals surface area contributed by atoms with E-state index in [2.05, 4.69) is 6.92 Å². The zero-order valence-corrected chi connectivity index (χ0v) is 14.4. The van der Waals surface area contributed by atoms with Crippen molar-refractivity contribution in [3.63, 3.8) is 0 Å². The number of carboxylic acid groups (broad SMARTS) is 1. The minimum atomic E-state index is -0.801. The van der Waals surface area contributed by atoms with Gasteiger partial charge >= 0.3 is 5.97 Å². The van der Waals surface area contributed by atoms with Gasteiger partial charge in [-0.2, -0.15) is 0 Å². The number of carbonyl (C=O) groups is 2. The van der Waals surface area contributed by atoms with E-state index in [1.165, 1.54) is 12.8 Å². The highest BCUT2D eigenvalue weighted by Crippen LogP contribution is 2.35. The Morgan fingerprint density at radius 3 is 2.58 bits per heavy atom. The number of amides is 1. The second-order valence-electron chi connectivity index (χ2n) is 7.60. The lowest BCUT2D eigenvalue weighted by molar-refractivity contribution is -0.141. The number of likely N-dealkylation sites (tertiary alicyclic amines) is 1. The number of rotatable bonds is 4. The molecule has 4 heteroatoms. The molecule has 4 unspecified atom stereocenters. The second-order valence-corrected chi connectivity index (χ2v) is 7.60. The molecule has 1 saturated heterocycles. The standard InChI is InChI=1S/C20H27NO3/c1-14-6-5-7-15(10-14)11-19(22)21-12-17(18(13-21)20(23)24)16-8-3-2-4-9-16/h2-4,8-9,14-15,17-18H,5-7,10-13H2,1H3,(H,23,24). The molecule has 4 nitrogen and oxygen atoms in total. The van der Waals surface area contributed by atoms with E-state index >= 15 is 0 Å². The number of nitrogens with zero attached hydrogens (tertiary/aromatic N) is 1. The summed E-state index contributed by atoms with van der Waals surface area (Å²) in [7, 11) is 0. The highest BCUT2D eigenvalue weighted by Gasteiger charge is 2.40. The fourth-order valence-electron chi connectivity index (χ4n) is 4.42. The average molecular weight is 329 g/mol. The summed E-state index contributed by atoms with van der Waals surface area (Å²) in [6.07, 6.45) is 5.33. The van der Waals surface area contributed by atoms with Gasteiger partial charge in [0, 0.05) is 25.4 Å². The number of aliphatic carboxylic acids is 1. The predicted molar refractivity (Wildman–Crippen MR) is 92.6 cm³/mol. The van der Waals surface area contributed by atoms with Crippen LogP contribution >= 0.6 is 0 Å². The number of carbonyl (C=O) groups excluding carboxylic acids is 1. The smallest absolute Gasteiger partial charge is 0.308 e. The molecule has 0 bridgehead atoms. The summed E-state index contributed by atoms with van der Waals surface area (Å²) in [5.41, 5.74) is 1.02. The summed E-state index contributed by atoms with van der Waals surface area (Å²) >= 11 is 0. The first kappa shape index (κ1) is 17.0. The lowest BCUT2D eigenvalue weighted by atomic mass is 9.80. The first-order valence-corrected chi connectivity index (χ1v) is 9.10. The Kier molecular flexibility index (Phi) is 5.22. The van der Waals surface area contributed by atoms with E-state index in [0.29, 0.717) is 31.3 Å². The molecule has 24 heavy (non-hydrogen) atoms. The Labute approximate surface area is 143 Å². The summed E-state index contributed by atoms with van der Waals surface area (Å²) in [5, 5.41) is 9.56. The van der Waals surface area contributed by atoms with Crippen molar-refractivity contribution in [1.29, 1.82) is 0 Å². The third-order valence-electron chi connectivity index (χ3n) is 5.73. The van der Waals surface area contributed by atoms with Crippen LogP contribution in [0, 0.1) is 17.8 Å². The average Bonchev–Trinajstić information content (AvgIpc) is 3.01. The van der Waals surface area contributed by atoms with E-state index in [-0.39, 0.29) is 11.8 Å². The molecular weight excluding hydrogens is 302 g/mol. The second kappa shape index (κ2) is 7.37. The van der Waals surface area contributed by atoms with E-state index in [4.69, 9.17) is 0 Å². The van der Waals surface area contributed by atoms with Crippen LogP contribution in [0.25, 0.3) is 0 Å². The lowest BCUT2D eigenvalue weighted by Gasteiger charge is -2.28. The van der Waals surface area contributed by atoms with Crippen molar-refractivity contribution in [2.75, 3.05) is 13.1 Å². The molecule has 1 aromatic rings. The third kappa shape index (κ3) is 3.80. The van der Waals surface area contributed by atoms with Gasteiger partial charge in [-0.3, -0.25) is 9.59 Å². The maximum atomic E-state index is 12.7. The topological polar surface area (TPSA) is 57.6 Å². The summed E-state index contributed by atoms with van der Waals surface area (Å²) in [5.74, 6) is -0.0805. The normalized spacial score (nSPS) is 30.3. The van der Waals surface area contributed by atoms with Gasteiger partial charge in [-0.1, -0.05) is 50.1 Å². The Morgan fingerprint density at radius 2 is 1.92 bits per heavy atom. The number of hydrogen-bond donors (Lipinski definition) is 1. The van der Waals surface area contributed by atoms with Gasteiger partial charge in [0.2, 0.25) is 5.91 Å². The summed E-state index contributed by atoms with van der Waals surface area (Å²) in [6.45, 7) is 3.14. The largest absolute Gasteiger partial charge is 0.481 e. The van der Waals surface area contributed by atoms with Crippen LogP contribution in [-0.2, 0) is 9.59 Å². The van der Waals surface area contributed by atoms with Gasteiger partial charge in [0.15, 0.2) is 0 Å². The Morgan fingerprint density at radius 1 is 1.17 bits per heavy atom. The van der Waals surface area contributed by atoms with Gasteiger partial charge in [0.1, 0.15) is 0 Å². The van der Waals surface area contributed by atoms with Crippen molar-refractivity contribution < 1.29 is 14.7 Å². The molecule has 1 saturated carbocycles. The van der Waals surface area contributed by atoms with E-state index in [1.54, 1.807) is 4.90 Å². The molecule has 1 N–H and O–H groups in total. The molecule has 2 fully saturated rings. The summed E-state index contributed by atoms with van der Waals surface area (Å²) in [4.78, 5) is 26.1. The van der Waals surface area contributed by atoms with Gasteiger partial charge in [0.05, 0.1) is 5.92 Å². The lowest BCUT2D eigenvalue weighted by Crippen LogP contribution is -2.32. The Balaban J connectivity index is 1.66. The van der Waals surface area contributed by atoms with Crippen LogP contribution in [0.5, 0.6) is 0 Å². The van der Waals surface area contributed by atoms with Crippen molar-refractivity contribution in [3.05, 3.63) is 35.9 Å². The predicted octanol–water partition coefficient (Wildman–Crippen LogP) is 3.53. The fourth-order valence-corrected chi connectivity index (χ4v) is 4.42. The first-order chi connectivity index (χ1) is 11.5. The van der Waals surface area contributed by atoms with Crippen molar-refractivity contribution in [3.8, 4) is 0 Å². The molecule has 0 spiro atoms. The SMILES string of the molecule is CC1CCCC(CC(=O)N2CC(C(=O)O)C(c3ccccc3)C2)C1. The van der Waals surface area contributed by atoms with Crippen LogP contribution in [0.3, 0.4) is 0 Å². The molecule has 4 atom stereocenters. The Bertz CT molecular complexity index is 586. The molecule has 2 aliphatic rings. The van der Waals surface area contributed by atoms with Gasteiger partial charge in [-0.05, 0) is 30.2 Å². The monoisotopic (exact) mass is 329 g/mol. The highest BCUT2D eigenvalue weighted by molar-refractivity contribution is 5.79. The molecule has 0 radical (unpaired) electrons. The molecule has 1 aliphatic heterocycles. The molecule has 1 heterocycles. The van der Waals surface area contributed by atoms with Gasteiger partial charge < -0.3 is 10.0 Å². The van der Waals surface area contributed by atoms with E-state index in [0.717, 1.165) is 18.4 Å². The van der Waals surface area contributed by atoms with Gasteiger partial charge in [-0.25, -0.2) is 0 Å². The molecule has 1 aromatic carbocycles. The van der Waals surface area contributed by atoms with E-state index in [9.17, 15) is 14.7 Å². The Hall–Kier alpha value is -1.84. The number of hydrogen-bond acceptors (Lipinski definition) is 2. The molecule has 1 amide bonds. The third-order valence-corrected chi connectivity index (χ3v) is 5.73. The maximum absolute atomic E-state index is 12.7. The number of benzene rings is 1. The van der Waals surface area contributed by atoms with Crippen LogP contribution in [0.2, 0.25) is 0 Å². The minimum Gasteiger partial charge on any atom is -0.481 e. The maximum Gasteiger partial charge on any atom is 0.308 e. The van der Waals surface area contributed by atoms with Crippen LogP contribution in [0.15, 0.2) is 30.3 Å². The van der Waals surface area contributed by atoms with Crippen molar-refractivity contribution in [2.45, 2.75) is 44.9 Å². The van der Waals surface area contributed by atoms with Crippen LogP contribution in [-0.4, -0.2) is 35.0 Å². The van der Waals surface area contributed by atoms with Crippen LogP contribution < -0.4 is 0 Å². The summed E-state index contributed by atoms with van der Waals surface area (Å²) in [6, 6.07) is 9.74. The molecule has 0 aromatic heterocycles. The van der Waals surface area contributed by atoms with Crippen LogP contribution in [0.4, 0.5) is 0 Å². The fraction of sp³-hybridized carbons (Fsp3) is 0.600. The van der Waals surface area contributed by atoms with Crippen molar-refractivity contribution >= 4 is 11.9 Å². The molecule has 130 valence electrons. The molecule has 1 aliphatic carbocycles. The zero-order valence-electron chi connectivity index (χ0n) is 14.4. The van der Waals surface area contributed by atoms with Gasteiger partial charge in [-0.15, -0.1) is 0 Å². The van der Waals surface area contributed by atoms with Crippen molar-refractivity contribution in [1.82, 2.24) is 4.90 Å². The van der Waals surface area contributed by atoms with E-state index in [1.807, 2.05) is 30.3 Å². The first-order valence-electron chi connectivity index (χ1n) is 9.10. The number of carboxylic acids is 1. The highest BCUT2D eigenvalue weighted by atomic mass is 16.4.